The maximum Gasteiger partial charge on any atom is 0.264 e. The van der Waals surface area contributed by atoms with E-state index in [0.29, 0.717) is 10.1 Å². The summed E-state index contributed by atoms with van der Waals surface area (Å²) in [4.78, 5) is 17.7. The second kappa shape index (κ2) is 6.74. The van der Waals surface area contributed by atoms with Crippen LogP contribution in [0.25, 0.3) is 17.0 Å². The van der Waals surface area contributed by atoms with E-state index in [1.165, 1.54) is 22.9 Å². The minimum Gasteiger partial charge on any atom is -0.347 e. The molecule has 1 aliphatic heterocycles. The van der Waals surface area contributed by atoms with Gasteiger partial charge in [0.2, 0.25) is 0 Å². The summed E-state index contributed by atoms with van der Waals surface area (Å²) in [5.41, 5.74) is 6.65. The zero-order valence-electron chi connectivity index (χ0n) is 15.8. The van der Waals surface area contributed by atoms with Crippen molar-refractivity contribution in [2.45, 2.75) is 20.8 Å². The number of carbonyl (C=O) groups is 1. The van der Waals surface area contributed by atoms with Gasteiger partial charge in [-0.05, 0) is 67.9 Å². The maximum absolute atomic E-state index is 12.5. The van der Waals surface area contributed by atoms with E-state index in [-0.39, 0.29) is 5.91 Å². The highest BCUT2D eigenvalue weighted by Gasteiger charge is 2.25. The van der Waals surface area contributed by atoms with Crippen molar-refractivity contribution >= 4 is 45.5 Å². The van der Waals surface area contributed by atoms with E-state index in [4.69, 9.17) is 0 Å². The molecule has 3 aromatic rings. The van der Waals surface area contributed by atoms with Gasteiger partial charge in [-0.15, -0.1) is 0 Å². The van der Waals surface area contributed by atoms with Crippen LogP contribution in [0.5, 0.6) is 0 Å². The van der Waals surface area contributed by atoms with Gasteiger partial charge in [0.15, 0.2) is 5.17 Å². The molecule has 2 aromatic carbocycles. The van der Waals surface area contributed by atoms with Gasteiger partial charge in [0, 0.05) is 29.2 Å². The molecule has 0 bridgehead atoms. The lowest BCUT2D eigenvalue weighted by molar-refractivity contribution is -0.115. The lowest BCUT2D eigenvalue weighted by atomic mass is 10.1. The Morgan fingerprint density at radius 1 is 1.07 bits per heavy atom. The third kappa shape index (κ3) is 3.19. The van der Waals surface area contributed by atoms with Gasteiger partial charge in [0.25, 0.3) is 5.91 Å². The Balaban J connectivity index is 1.70. The number of carbonyl (C=O) groups excluding carboxylic acids is 1. The van der Waals surface area contributed by atoms with Crippen LogP contribution in [0.4, 0.5) is 5.69 Å². The molecule has 4 rings (SSSR count). The number of aryl methyl sites for hydroxylation is 3. The molecule has 1 fully saturated rings. The molecule has 27 heavy (non-hydrogen) atoms. The summed E-state index contributed by atoms with van der Waals surface area (Å²) in [7, 11) is 2.05. The minimum atomic E-state index is -0.102. The first-order valence-electron chi connectivity index (χ1n) is 8.85. The number of aliphatic imine (C=N–C) groups is 1. The van der Waals surface area contributed by atoms with Crippen molar-refractivity contribution in [1.29, 1.82) is 0 Å². The summed E-state index contributed by atoms with van der Waals surface area (Å²) >= 11 is 1.39. The molecule has 1 amide bonds. The van der Waals surface area contributed by atoms with Gasteiger partial charge in [0.05, 0.1) is 10.6 Å². The van der Waals surface area contributed by atoms with E-state index in [1.54, 1.807) is 0 Å². The van der Waals surface area contributed by atoms with Gasteiger partial charge in [-0.1, -0.05) is 24.3 Å². The highest BCUT2D eigenvalue weighted by atomic mass is 32.2. The predicted octanol–water partition coefficient (Wildman–Crippen LogP) is 5.00. The lowest BCUT2D eigenvalue weighted by Crippen LogP contribution is -2.19. The van der Waals surface area contributed by atoms with Crippen molar-refractivity contribution in [3.05, 3.63) is 69.8 Å². The smallest absolute Gasteiger partial charge is 0.264 e. The summed E-state index contributed by atoms with van der Waals surface area (Å²) in [6.07, 6.45) is 1.97. The molecule has 0 unspecified atom stereocenters. The van der Waals surface area contributed by atoms with Crippen LogP contribution in [0.2, 0.25) is 0 Å². The van der Waals surface area contributed by atoms with Crippen LogP contribution in [0.3, 0.4) is 0 Å². The van der Waals surface area contributed by atoms with Crippen molar-refractivity contribution in [1.82, 2.24) is 9.88 Å². The van der Waals surface area contributed by atoms with Gasteiger partial charge >= 0.3 is 0 Å². The summed E-state index contributed by atoms with van der Waals surface area (Å²) < 4.78 is 2.16. The van der Waals surface area contributed by atoms with Gasteiger partial charge in [-0.2, -0.15) is 0 Å². The molecule has 136 valence electrons. The fourth-order valence-electron chi connectivity index (χ4n) is 3.26. The molecule has 0 saturated carbocycles. The summed E-state index contributed by atoms with van der Waals surface area (Å²) in [5, 5.41) is 4.65. The lowest BCUT2D eigenvalue weighted by Gasteiger charge is -2.01. The number of fused-ring (bicyclic) bond motifs is 1. The second-order valence-corrected chi connectivity index (χ2v) is 7.86. The number of nitrogens with zero attached hydrogens (tertiary/aromatic N) is 2. The highest BCUT2D eigenvalue weighted by molar-refractivity contribution is 8.18. The van der Waals surface area contributed by atoms with E-state index < -0.39 is 0 Å². The van der Waals surface area contributed by atoms with Crippen LogP contribution in [0.1, 0.15) is 22.4 Å². The second-order valence-electron chi connectivity index (χ2n) is 6.83. The Kier molecular flexibility index (Phi) is 4.40. The number of hydrogen-bond acceptors (Lipinski definition) is 3. The number of hydrogen-bond donors (Lipinski definition) is 1. The number of thioether (sulfide) groups is 1. The number of para-hydroxylation sites is 1. The zero-order valence-corrected chi connectivity index (χ0v) is 16.6. The number of amidine groups is 1. The number of amides is 1. The number of rotatable bonds is 2. The summed E-state index contributed by atoms with van der Waals surface area (Å²) in [6.45, 7) is 6.22. The quantitative estimate of drug-likeness (QED) is 0.641. The monoisotopic (exact) mass is 375 g/mol. The number of nitrogens with one attached hydrogen (secondary N) is 1. The molecule has 0 radical (unpaired) electrons. The van der Waals surface area contributed by atoms with Crippen molar-refractivity contribution in [3.8, 4) is 0 Å². The zero-order chi connectivity index (χ0) is 19.1. The molecular weight excluding hydrogens is 354 g/mol. The average molecular weight is 375 g/mol. The van der Waals surface area contributed by atoms with E-state index in [2.05, 4.69) is 47.8 Å². The van der Waals surface area contributed by atoms with E-state index in [0.717, 1.165) is 27.8 Å². The van der Waals surface area contributed by atoms with Crippen LogP contribution in [-0.2, 0) is 11.8 Å². The molecular formula is C22H21N3OS. The molecule has 0 atom stereocenters. The largest absolute Gasteiger partial charge is 0.347 e. The van der Waals surface area contributed by atoms with Crippen molar-refractivity contribution in [2.75, 3.05) is 0 Å². The number of aromatic nitrogens is 1. The van der Waals surface area contributed by atoms with Crippen LogP contribution in [-0.4, -0.2) is 15.6 Å². The number of benzene rings is 2. The van der Waals surface area contributed by atoms with E-state index >= 15 is 0 Å². The van der Waals surface area contributed by atoms with Gasteiger partial charge in [-0.3, -0.25) is 4.79 Å². The Morgan fingerprint density at radius 3 is 2.63 bits per heavy atom. The Labute approximate surface area is 163 Å². The molecule has 0 aliphatic carbocycles. The molecule has 2 heterocycles. The van der Waals surface area contributed by atoms with E-state index in [1.807, 2.05) is 43.5 Å². The highest BCUT2D eigenvalue weighted by Crippen LogP contribution is 2.32. The Hall–Kier alpha value is -2.79. The van der Waals surface area contributed by atoms with Crippen LogP contribution >= 0.6 is 11.8 Å². The first-order chi connectivity index (χ1) is 12.9. The van der Waals surface area contributed by atoms with Gasteiger partial charge < -0.3 is 9.88 Å². The molecule has 1 saturated heterocycles. The fourth-order valence-corrected chi connectivity index (χ4v) is 4.08. The topological polar surface area (TPSA) is 46.4 Å². The molecule has 1 N–H and O–H groups in total. The van der Waals surface area contributed by atoms with Crippen LogP contribution < -0.4 is 5.32 Å². The SMILES string of the molecule is Cc1ccc(N=C2NC(=O)/C(=C\c3c(C)n(C)c4ccccc34)S2)cc1C. The van der Waals surface area contributed by atoms with Crippen molar-refractivity contribution < 1.29 is 4.79 Å². The molecule has 1 aliphatic rings. The van der Waals surface area contributed by atoms with Crippen LogP contribution in [0, 0.1) is 20.8 Å². The van der Waals surface area contributed by atoms with Crippen molar-refractivity contribution in [2.24, 2.45) is 12.0 Å². The Morgan fingerprint density at radius 2 is 1.85 bits per heavy atom. The van der Waals surface area contributed by atoms with Crippen molar-refractivity contribution in [3.63, 3.8) is 0 Å². The third-order valence-electron chi connectivity index (χ3n) is 5.10. The Bertz CT molecular complexity index is 1140. The van der Waals surface area contributed by atoms with Gasteiger partial charge in [0.1, 0.15) is 0 Å². The minimum absolute atomic E-state index is 0.102. The van der Waals surface area contributed by atoms with E-state index in [9.17, 15) is 4.79 Å². The van der Waals surface area contributed by atoms with Gasteiger partial charge in [-0.25, -0.2) is 4.99 Å². The third-order valence-corrected chi connectivity index (χ3v) is 6.01. The summed E-state index contributed by atoms with van der Waals surface area (Å²) in [5.74, 6) is -0.102. The average Bonchev–Trinajstić information content (AvgIpc) is 3.11. The molecule has 5 heteroatoms. The first-order valence-corrected chi connectivity index (χ1v) is 9.66. The molecule has 1 aromatic heterocycles. The molecule has 0 spiro atoms. The first kappa shape index (κ1) is 17.6. The predicted molar refractivity (Wildman–Crippen MR) is 114 cm³/mol. The maximum atomic E-state index is 12.5. The normalized spacial score (nSPS) is 17.3. The van der Waals surface area contributed by atoms with Crippen LogP contribution in [0.15, 0.2) is 52.4 Å². The fraction of sp³-hybridized carbons (Fsp3) is 0.182. The molecule has 4 nitrogen and oxygen atoms in total. The summed E-state index contributed by atoms with van der Waals surface area (Å²) in [6, 6.07) is 14.3. The standard InChI is InChI=1S/C22H21N3OS/c1-13-9-10-16(11-14(13)2)23-22-24-21(26)20(27-22)12-18-15(3)25(4)19-8-6-5-7-17(18)19/h5-12H,1-4H3,(H,23,24,26)/b20-12+.